The van der Waals surface area contributed by atoms with E-state index in [1.165, 1.54) is 26.4 Å². The van der Waals surface area contributed by atoms with Crippen molar-refractivity contribution in [2.75, 3.05) is 14.2 Å². The molecule has 192 valence electrons. The molecule has 0 saturated heterocycles. The fourth-order valence-corrected chi connectivity index (χ4v) is 7.99. The summed E-state index contributed by atoms with van der Waals surface area (Å²) >= 11 is 0. The highest BCUT2D eigenvalue weighted by atomic mass is 31.2. The molecule has 0 aliphatic carbocycles. The summed E-state index contributed by atoms with van der Waals surface area (Å²) in [7, 11) is -0.00884. The molecular formula is C30H24F3N2O2P. The number of pyridine rings is 1. The molecule has 0 fully saturated rings. The summed E-state index contributed by atoms with van der Waals surface area (Å²) in [5.41, 5.74) is -0.724. The molecule has 0 atom stereocenters. The van der Waals surface area contributed by atoms with Crippen LogP contribution in [-0.2, 0) is 6.18 Å². The van der Waals surface area contributed by atoms with E-state index in [1.807, 2.05) is 91.0 Å². The number of aromatic nitrogens is 1. The van der Waals surface area contributed by atoms with Crippen molar-refractivity contribution in [1.29, 1.82) is 0 Å². The minimum Gasteiger partial charge on any atom is -0.493 e. The van der Waals surface area contributed by atoms with Gasteiger partial charge in [-0.3, -0.25) is 0 Å². The van der Waals surface area contributed by atoms with E-state index < -0.39 is 18.8 Å². The van der Waals surface area contributed by atoms with Gasteiger partial charge in [0.25, 0.3) is 0 Å². The van der Waals surface area contributed by atoms with Crippen molar-refractivity contribution in [3.63, 3.8) is 0 Å². The van der Waals surface area contributed by atoms with Gasteiger partial charge in [-0.2, -0.15) is 13.2 Å². The number of ether oxygens (including phenoxy) is 2. The summed E-state index contributed by atoms with van der Waals surface area (Å²) in [6, 6.07) is 32.8. The second-order valence-electron chi connectivity index (χ2n) is 8.49. The van der Waals surface area contributed by atoms with Crippen LogP contribution in [0.2, 0.25) is 0 Å². The zero-order valence-electron chi connectivity index (χ0n) is 20.7. The summed E-state index contributed by atoms with van der Waals surface area (Å²) < 4.78 is 58.9. The maximum atomic E-state index is 14.4. The molecule has 0 amide bonds. The van der Waals surface area contributed by atoms with E-state index in [0.717, 1.165) is 22.0 Å². The molecule has 4 aromatic carbocycles. The Morgan fingerprint density at radius 1 is 0.658 bits per heavy atom. The highest BCUT2D eigenvalue weighted by molar-refractivity contribution is 7.87. The summed E-state index contributed by atoms with van der Waals surface area (Å²) in [5.74, 6) is 0.464. The minimum absolute atomic E-state index is 0.0121. The van der Waals surface area contributed by atoms with Crippen LogP contribution < -0.4 is 25.4 Å². The van der Waals surface area contributed by atoms with Crippen LogP contribution in [-0.4, -0.2) is 19.2 Å². The van der Waals surface area contributed by atoms with E-state index in [4.69, 9.17) is 14.2 Å². The highest BCUT2D eigenvalue weighted by Gasteiger charge is 2.35. The lowest BCUT2D eigenvalue weighted by atomic mass is 10.1. The normalized spacial score (nSPS) is 11.8. The molecule has 5 aromatic rings. The summed E-state index contributed by atoms with van der Waals surface area (Å²) in [5, 5.41) is 2.62. The maximum absolute atomic E-state index is 14.4. The molecule has 0 aliphatic heterocycles. The Balaban J connectivity index is 1.93. The maximum Gasteiger partial charge on any atom is 0.417 e. The summed E-state index contributed by atoms with van der Waals surface area (Å²) in [4.78, 5) is 4.62. The first kappa shape index (κ1) is 25.6. The number of alkyl halides is 3. The van der Waals surface area contributed by atoms with Gasteiger partial charge in [-0.25, -0.2) is 9.73 Å². The summed E-state index contributed by atoms with van der Waals surface area (Å²) in [6.07, 6.45) is -4.64. The van der Waals surface area contributed by atoms with Crippen molar-refractivity contribution in [3.05, 3.63) is 115 Å². The third-order valence-electron chi connectivity index (χ3n) is 6.25. The van der Waals surface area contributed by atoms with Gasteiger partial charge in [-0.05, 0) is 12.1 Å². The van der Waals surface area contributed by atoms with Crippen LogP contribution in [0.5, 0.6) is 11.5 Å². The zero-order chi connectivity index (χ0) is 26.8. The smallest absolute Gasteiger partial charge is 0.417 e. The fourth-order valence-electron chi connectivity index (χ4n) is 4.53. The van der Waals surface area contributed by atoms with Crippen LogP contribution >= 0.6 is 7.05 Å². The van der Waals surface area contributed by atoms with Crippen LogP contribution in [0.3, 0.4) is 0 Å². The Kier molecular flexibility index (Phi) is 6.96. The van der Waals surface area contributed by atoms with Crippen molar-refractivity contribution in [3.8, 4) is 11.5 Å². The van der Waals surface area contributed by atoms with Gasteiger partial charge in [0.15, 0.2) is 17.3 Å². The van der Waals surface area contributed by atoms with Crippen LogP contribution in [0.1, 0.15) is 5.56 Å². The molecular weight excluding hydrogens is 508 g/mol. The van der Waals surface area contributed by atoms with Crippen molar-refractivity contribution < 1.29 is 22.6 Å². The number of hydrogen-bond donors (Lipinski definition) is 0. The second-order valence-corrected chi connectivity index (χ2v) is 11.5. The largest absolute Gasteiger partial charge is 0.493 e. The molecule has 0 N–H and O–H groups in total. The van der Waals surface area contributed by atoms with Crippen molar-refractivity contribution >= 4 is 39.7 Å². The first-order valence-electron chi connectivity index (χ1n) is 11.8. The lowest BCUT2D eigenvalue weighted by Gasteiger charge is -2.27. The molecule has 0 saturated carbocycles. The predicted molar refractivity (Wildman–Crippen MR) is 147 cm³/mol. The zero-order valence-corrected chi connectivity index (χ0v) is 21.6. The Labute approximate surface area is 218 Å². The van der Waals surface area contributed by atoms with Gasteiger partial charge in [0.1, 0.15) is 0 Å². The van der Waals surface area contributed by atoms with Gasteiger partial charge in [-0.1, -0.05) is 91.0 Å². The van der Waals surface area contributed by atoms with Gasteiger partial charge in [0.2, 0.25) is 0 Å². The Morgan fingerprint density at radius 2 is 1.11 bits per heavy atom. The van der Waals surface area contributed by atoms with Gasteiger partial charge < -0.3 is 9.47 Å². The molecule has 1 heterocycles. The van der Waals surface area contributed by atoms with E-state index >= 15 is 0 Å². The highest BCUT2D eigenvalue weighted by Crippen LogP contribution is 2.50. The Hall–Kier alpha value is -4.09. The van der Waals surface area contributed by atoms with Crippen molar-refractivity contribution in [2.24, 2.45) is 4.74 Å². The average Bonchev–Trinajstić information content (AvgIpc) is 2.95. The minimum atomic E-state index is -4.64. The van der Waals surface area contributed by atoms with Crippen LogP contribution in [0.15, 0.2) is 114 Å². The van der Waals surface area contributed by atoms with Crippen LogP contribution in [0.4, 0.5) is 19.0 Å². The number of benzene rings is 4. The third-order valence-corrected chi connectivity index (χ3v) is 9.89. The first-order valence-corrected chi connectivity index (χ1v) is 13.5. The predicted octanol–water partition coefficient (Wildman–Crippen LogP) is 7.08. The molecule has 0 unspecified atom stereocenters. The van der Waals surface area contributed by atoms with Crippen molar-refractivity contribution in [2.45, 2.75) is 6.18 Å². The Morgan fingerprint density at radius 3 is 1.53 bits per heavy atom. The number of hydrogen-bond acceptors (Lipinski definition) is 4. The SMILES string of the molecule is COc1cc2nc(N=P(c3ccccc3)(c3ccccc3)c3ccccc3)cc(C(F)(F)F)c2cc1OC. The lowest BCUT2D eigenvalue weighted by molar-refractivity contribution is -0.136. The van der Waals surface area contributed by atoms with Gasteiger partial charge in [0, 0.05) is 27.4 Å². The molecule has 5 rings (SSSR count). The number of methoxy groups -OCH3 is 2. The van der Waals surface area contributed by atoms with Crippen LogP contribution in [0.25, 0.3) is 10.9 Å². The van der Waals surface area contributed by atoms with E-state index in [9.17, 15) is 13.2 Å². The van der Waals surface area contributed by atoms with E-state index in [-0.39, 0.29) is 28.2 Å². The van der Waals surface area contributed by atoms with E-state index in [2.05, 4.69) is 4.98 Å². The molecule has 1 aromatic heterocycles. The van der Waals surface area contributed by atoms with E-state index in [0.29, 0.717) is 0 Å². The number of rotatable bonds is 6. The fraction of sp³-hybridized carbons (Fsp3) is 0.100. The third kappa shape index (κ3) is 4.66. The Bertz CT molecular complexity index is 1520. The molecule has 8 heteroatoms. The molecule has 38 heavy (non-hydrogen) atoms. The summed E-state index contributed by atoms with van der Waals surface area (Å²) in [6.45, 7) is 0. The average molecular weight is 533 g/mol. The quantitative estimate of drug-likeness (QED) is 0.220. The molecule has 0 radical (unpaired) electrons. The first-order chi connectivity index (χ1) is 18.4. The van der Waals surface area contributed by atoms with Crippen LogP contribution in [0, 0.1) is 0 Å². The standard InChI is InChI=1S/C30H24F3N2O2P/c1-36-27-18-24-25(30(31,32)33)19-29(34-26(24)20-28(27)37-2)35-38(21-12-6-3-7-13-21,22-14-8-4-9-15-22)23-16-10-5-11-17-23/h3-20H,1-2H3. The topological polar surface area (TPSA) is 43.7 Å². The molecule has 4 nitrogen and oxygen atoms in total. The van der Waals surface area contributed by atoms with Gasteiger partial charge in [-0.15, -0.1) is 0 Å². The van der Waals surface area contributed by atoms with Gasteiger partial charge in [0.05, 0.1) is 32.4 Å². The number of halogens is 3. The lowest BCUT2D eigenvalue weighted by Crippen LogP contribution is -2.25. The van der Waals surface area contributed by atoms with Crippen molar-refractivity contribution in [1.82, 2.24) is 4.98 Å². The molecule has 0 aliphatic rings. The molecule has 0 spiro atoms. The van der Waals surface area contributed by atoms with Gasteiger partial charge >= 0.3 is 6.18 Å². The monoisotopic (exact) mass is 532 g/mol. The van der Waals surface area contributed by atoms with E-state index in [1.54, 1.807) is 0 Å². The molecule has 0 bridgehead atoms. The second kappa shape index (κ2) is 10.3. The number of fused-ring (bicyclic) bond motifs is 1. The number of nitrogens with zero attached hydrogens (tertiary/aromatic N) is 2.